The van der Waals surface area contributed by atoms with Crippen molar-refractivity contribution in [3.63, 3.8) is 0 Å². The summed E-state index contributed by atoms with van der Waals surface area (Å²) < 4.78 is 5.03. The van der Waals surface area contributed by atoms with Crippen LogP contribution in [0.5, 0.6) is 0 Å². The number of nitrogens with two attached hydrogens (primary N) is 1. The highest BCUT2D eigenvalue weighted by molar-refractivity contribution is 5.94. The average molecular weight is 446 g/mol. The maximum atomic E-state index is 12.4. The highest BCUT2D eigenvalue weighted by Gasteiger charge is 2.33. The van der Waals surface area contributed by atoms with Crippen molar-refractivity contribution in [1.82, 2.24) is 9.97 Å². The molecule has 2 aromatic heterocycles. The number of carbonyl (C=O) groups excluding carboxylic acids is 2. The molecule has 0 aliphatic carbocycles. The van der Waals surface area contributed by atoms with Gasteiger partial charge in [-0.2, -0.15) is 0 Å². The minimum Gasteiger partial charge on any atom is -0.462 e. The molecule has 1 aliphatic rings. The summed E-state index contributed by atoms with van der Waals surface area (Å²) in [5.74, 6) is 0.316. The summed E-state index contributed by atoms with van der Waals surface area (Å²) in [4.78, 5) is 35.0. The predicted octanol–water partition coefficient (Wildman–Crippen LogP) is 4.20. The number of nitrogen functional groups attached to an aromatic ring is 1. The zero-order valence-electron chi connectivity index (χ0n) is 18.9. The molecule has 0 saturated heterocycles. The molecule has 0 radical (unpaired) electrons. The second kappa shape index (κ2) is 9.28. The summed E-state index contributed by atoms with van der Waals surface area (Å²) in [6, 6.07) is 13.1. The molecule has 1 aromatic carbocycles. The smallest absolute Gasteiger partial charge is 0.339 e. The molecular weight excluding hydrogens is 418 g/mol. The van der Waals surface area contributed by atoms with Crippen molar-refractivity contribution in [1.29, 1.82) is 0 Å². The van der Waals surface area contributed by atoms with Crippen molar-refractivity contribution < 1.29 is 14.3 Å². The first-order valence-corrected chi connectivity index (χ1v) is 10.9. The molecule has 1 amide bonds. The van der Waals surface area contributed by atoms with Crippen LogP contribution in [0.3, 0.4) is 0 Å². The minimum absolute atomic E-state index is 0.00234. The summed E-state index contributed by atoms with van der Waals surface area (Å²) in [6.07, 6.45) is 3.85. The zero-order valence-corrected chi connectivity index (χ0v) is 18.9. The molecule has 3 heterocycles. The molecule has 1 aliphatic heterocycles. The van der Waals surface area contributed by atoms with Crippen molar-refractivity contribution in [2.24, 2.45) is 0 Å². The van der Waals surface area contributed by atoms with E-state index in [4.69, 9.17) is 10.5 Å². The maximum Gasteiger partial charge on any atom is 0.339 e. The van der Waals surface area contributed by atoms with Gasteiger partial charge in [0.15, 0.2) is 0 Å². The van der Waals surface area contributed by atoms with Crippen LogP contribution in [0.4, 0.5) is 17.2 Å². The van der Waals surface area contributed by atoms with E-state index in [-0.39, 0.29) is 18.0 Å². The number of hydrogen-bond donors (Lipinski definition) is 2. The molecule has 0 spiro atoms. The van der Waals surface area contributed by atoms with Crippen LogP contribution >= 0.6 is 0 Å². The van der Waals surface area contributed by atoms with Crippen LogP contribution in [0.2, 0.25) is 0 Å². The van der Waals surface area contributed by atoms with Crippen LogP contribution in [0.1, 0.15) is 49.2 Å². The third kappa shape index (κ3) is 4.64. The number of pyridine rings is 2. The van der Waals surface area contributed by atoms with E-state index in [1.54, 1.807) is 38.2 Å². The van der Waals surface area contributed by atoms with Gasteiger partial charge in [0.1, 0.15) is 5.82 Å². The second-order valence-electron chi connectivity index (χ2n) is 8.07. The van der Waals surface area contributed by atoms with Crippen molar-refractivity contribution in [2.75, 3.05) is 22.6 Å². The standard InChI is InChI=1S/C25H27N5O3/c1-4-33-25(32)18-5-8-21(27-13-18)17-6-9-23-20(12-17)22(11-15(2)30(23)16(3)31)29-24-10-7-19(26)14-28-24/h5-10,12-15,22H,4,11,26H2,1-3H3,(H,28,29). The van der Waals surface area contributed by atoms with E-state index >= 15 is 0 Å². The number of esters is 1. The number of amides is 1. The summed E-state index contributed by atoms with van der Waals surface area (Å²) in [5.41, 5.74) is 10.2. The molecule has 8 nitrogen and oxygen atoms in total. The Labute approximate surface area is 192 Å². The van der Waals surface area contributed by atoms with Gasteiger partial charge in [-0.15, -0.1) is 0 Å². The third-order valence-electron chi connectivity index (χ3n) is 5.70. The molecule has 170 valence electrons. The quantitative estimate of drug-likeness (QED) is 0.566. The Morgan fingerprint density at radius 2 is 1.97 bits per heavy atom. The molecule has 0 bridgehead atoms. The molecule has 8 heteroatoms. The molecule has 2 atom stereocenters. The highest BCUT2D eigenvalue weighted by Crippen LogP contribution is 2.40. The fourth-order valence-electron chi connectivity index (χ4n) is 4.21. The number of carbonyl (C=O) groups is 2. The van der Waals surface area contributed by atoms with E-state index in [1.165, 1.54) is 6.20 Å². The van der Waals surface area contributed by atoms with E-state index in [2.05, 4.69) is 15.3 Å². The Hall–Kier alpha value is -3.94. The van der Waals surface area contributed by atoms with Crippen LogP contribution in [-0.4, -0.2) is 34.5 Å². The summed E-state index contributed by atoms with van der Waals surface area (Å²) in [5, 5.41) is 3.48. The number of hydrogen-bond acceptors (Lipinski definition) is 7. The fourth-order valence-corrected chi connectivity index (χ4v) is 4.21. The monoisotopic (exact) mass is 445 g/mol. The van der Waals surface area contributed by atoms with Gasteiger partial charge >= 0.3 is 5.97 Å². The Morgan fingerprint density at radius 3 is 2.61 bits per heavy atom. The first-order chi connectivity index (χ1) is 15.9. The molecule has 3 aromatic rings. The van der Waals surface area contributed by atoms with Crippen molar-refractivity contribution in [3.8, 4) is 11.3 Å². The molecule has 2 unspecified atom stereocenters. The topological polar surface area (TPSA) is 110 Å². The van der Waals surface area contributed by atoms with Crippen LogP contribution < -0.4 is 16.0 Å². The minimum atomic E-state index is -0.395. The van der Waals surface area contributed by atoms with Gasteiger partial charge in [-0.25, -0.2) is 9.78 Å². The maximum absolute atomic E-state index is 12.4. The Bertz CT molecular complexity index is 1160. The first kappa shape index (κ1) is 22.3. The number of aromatic nitrogens is 2. The van der Waals surface area contributed by atoms with Gasteiger partial charge in [0, 0.05) is 30.4 Å². The normalized spacial score (nSPS) is 17.2. The van der Waals surface area contributed by atoms with Gasteiger partial charge in [0.05, 0.1) is 35.8 Å². The molecule has 0 fully saturated rings. The lowest BCUT2D eigenvalue weighted by Crippen LogP contribution is -2.43. The largest absolute Gasteiger partial charge is 0.462 e. The lowest BCUT2D eigenvalue weighted by atomic mass is 9.89. The number of nitrogens with zero attached hydrogens (tertiary/aromatic N) is 3. The van der Waals surface area contributed by atoms with Crippen molar-refractivity contribution in [2.45, 2.75) is 39.3 Å². The van der Waals surface area contributed by atoms with Gasteiger partial charge in [0.25, 0.3) is 0 Å². The first-order valence-electron chi connectivity index (χ1n) is 10.9. The second-order valence-corrected chi connectivity index (χ2v) is 8.07. The molecule has 33 heavy (non-hydrogen) atoms. The molecular formula is C25H27N5O3. The lowest BCUT2D eigenvalue weighted by molar-refractivity contribution is -0.117. The Kier molecular flexibility index (Phi) is 6.26. The van der Waals surface area contributed by atoms with E-state index < -0.39 is 5.97 Å². The van der Waals surface area contributed by atoms with E-state index in [0.717, 1.165) is 28.9 Å². The van der Waals surface area contributed by atoms with Gasteiger partial charge in [-0.1, -0.05) is 6.07 Å². The average Bonchev–Trinajstić information content (AvgIpc) is 2.80. The van der Waals surface area contributed by atoms with Crippen LogP contribution in [0.25, 0.3) is 11.3 Å². The SMILES string of the molecule is CCOC(=O)c1ccc(-c2ccc3c(c2)C(Nc2ccc(N)cn2)CC(C)N3C(C)=O)nc1. The van der Waals surface area contributed by atoms with Gasteiger partial charge in [-0.05, 0) is 62.2 Å². The molecule has 0 saturated carbocycles. The number of ether oxygens (including phenoxy) is 1. The van der Waals surface area contributed by atoms with Gasteiger partial charge in [0.2, 0.25) is 5.91 Å². The highest BCUT2D eigenvalue weighted by atomic mass is 16.5. The Morgan fingerprint density at radius 1 is 1.15 bits per heavy atom. The van der Waals surface area contributed by atoms with Crippen LogP contribution in [0.15, 0.2) is 54.9 Å². The van der Waals surface area contributed by atoms with Crippen LogP contribution in [0, 0.1) is 0 Å². The fraction of sp³-hybridized carbons (Fsp3) is 0.280. The van der Waals surface area contributed by atoms with Crippen LogP contribution in [-0.2, 0) is 9.53 Å². The van der Waals surface area contributed by atoms with E-state index in [9.17, 15) is 9.59 Å². The number of fused-ring (bicyclic) bond motifs is 1. The van der Waals surface area contributed by atoms with Gasteiger partial charge < -0.3 is 20.7 Å². The third-order valence-corrected chi connectivity index (χ3v) is 5.70. The van der Waals surface area contributed by atoms with E-state index in [0.29, 0.717) is 23.7 Å². The number of benzene rings is 1. The summed E-state index contributed by atoms with van der Waals surface area (Å²) in [7, 11) is 0. The summed E-state index contributed by atoms with van der Waals surface area (Å²) >= 11 is 0. The molecule has 3 N–H and O–H groups in total. The van der Waals surface area contributed by atoms with E-state index in [1.807, 2.05) is 36.1 Å². The Balaban J connectivity index is 1.70. The van der Waals surface area contributed by atoms with Crippen molar-refractivity contribution in [3.05, 3.63) is 66.0 Å². The number of nitrogens with one attached hydrogen (secondary N) is 1. The predicted molar refractivity (Wildman–Crippen MR) is 128 cm³/mol. The summed E-state index contributed by atoms with van der Waals surface area (Å²) in [6.45, 7) is 5.70. The lowest BCUT2D eigenvalue weighted by Gasteiger charge is -2.39. The van der Waals surface area contributed by atoms with Gasteiger partial charge in [-0.3, -0.25) is 9.78 Å². The zero-order chi connectivity index (χ0) is 23.5. The number of rotatable bonds is 5. The number of anilines is 3. The molecule has 4 rings (SSSR count). The van der Waals surface area contributed by atoms with Crippen molar-refractivity contribution >= 4 is 29.1 Å².